The minimum absolute atomic E-state index is 0.286. The third-order valence-electron chi connectivity index (χ3n) is 2.62. The van der Waals surface area contributed by atoms with Gasteiger partial charge in [-0.3, -0.25) is 0 Å². The Morgan fingerprint density at radius 3 is 2.75 bits per heavy atom. The number of benzene rings is 1. The topological polar surface area (TPSA) is 21.3 Å². The predicted molar refractivity (Wildman–Crippen MR) is 64.3 cm³/mol. The Bertz CT molecular complexity index is 304. The van der Waals surface area contributed by atoms with Crippen molar-refractivity contribution in [3.05, 3.63) is 30.1 Å². The Morgan fingerprint density at radius 2 is 2.06 bits per heavy atom. The summed E-state index contributed by atoms with van der Waals surface area (Å²) in [6.07, 6.45) is 3.17. The molecule has 0 spiro atoms. The van der Waals surface area contributed by atoms with Crippen LogP contribution in [0.15, 0.2) is 24.3 Å². The highest BCUT2D eigenvalue weighted by Crippen LogP contribution is 2.15. The Labute approximate surface area is 96.8 Å². The monoisotopic (exact) mass is 225 g/mol. The molecule has 0 aliphatic carbocycles. The van der Waals surface area contributed by atoms with Crippen LogP contribution in [-0.2, 0) is 0 Å². The molecule has 0 fully saturated rings. The van der Waals surface area contributed by atoms with E-state index < -0.39 is 0 Å². The van der Waals surface area contributed by atoms with Crippen molar-refractivity contribution in [1.82, 2.24) is 5.32 Å². The first-order chi connectivity index (χ1) is 7.74. The van der Waals surface area contributed by atoms with Crippen LogP contribution in [0.1, 0.15) is 26.2 Å². The first-order valence-electron chi connectivity index (χ1n) is 5.78. The summed E-state index contributed by atoms with van der Waals surface area (Å²) in [4.78, 5) is 0. The van der Waals surface area contributed by atoms with Crippen LogP contribution < -0.4 is 10.1 Å². The number of para-hydroxylation sites is 1. The number of halogens is 1. The summed E-state index contributed by atoms with van der Waals surface area (Å²) in [5, 5.41) is 3.18. The van der Waals surface area contributed by atoms with E-state index in [2.05, 4.69) is 12.2 Å². The molecule has 1 aromatic rings. The molecule has 0 bridgehead atoms. The van der Waals surface area contributed by atoms with E-state index in [1.807, 2.05) is 7.05 Å². The number of hydrogen-bond donors (Lipinski definition) is 1. The molecule has 1 unspecified atom stereocenters. The number of nitrogens with one attached hydrogen (secondary N) is 1. The zero-order valence-corrected chi connectivity index (χ0v) is 10.0. The van der Waals surface area contributed by atoms with Crippen LogP contribution in [0, 0.1) is 5.82 Å². The van der Waals surface area contributed by atoms with Gasteiger partial charge < -0.3 is 10.1 Å². The lowest BCUT2D eigenvalue weighted by Crippen LogP contribution is -2.20. The lowest BCUT2D eigenvalue weighted by Gasteiger charge is -2.10. The highest BCUT2D eigenvalue weighted by atomic mass is 19.1. The van der Waals surface area contributed by atoms with E-state index in [0.717, 1.165) is 19.3 Å². The maximum absolute atomic E-state index is 13.1. The van der Waals surface area contributed by atoms with Gasteiger partial charge in [0.15, 0.2) is 11.6 Å². The van der Waals surface area contributed by atoms with Gasteiger partial charge in [0.2, 0.25) is 0 Å². The number of ether oxygens (including phenoxy) is 1. The van der Waals surface area contributed by atoms with Crippen molar-refractivity contribution in [1.29, 1.82) is 0 Å². The first-order valence-corrected chi connectivity index (χ1v) is 5.78. The molecule has 90 valence electrons. The largest absolute Gasteiger partial charge is 0.491 e. The Kier molecular flexibility index (Phi) is 5.86. The standard InChI is InChI=1S/C13H20FNO/c1-11(15-2)7-5-6-10-16-13-9-4-3-8-12(13)14/h3-4,8-9,11,15H,5-7,10H2,1-2H3. The maximum Gasteiger partial charge on any atom is 0.165 e. The van der Waals surface area contributed by atoms with Gasteiger partial charge in [-0.25, -0.2) is 4.39 Å². The van der Waals surface area contributed by atoms with Gasteiger partial charge in [0.25, 0.3) is 0 Å². The van der Waals surface area contributed by atoms with E-state index >= 15 is 0 Å². The maximum atomic E-state index is 13.1. The van der Waals surface area contributed by atoms with Crippen LogP contribution in [0.25, 0.3) is 0 Å². The second-order valence-corrected chi connectivity index (χ2v) is 3.96. The summed E-state index contributed by atoms with van der Waals surface area (Å²) >= 11 is 0. The van der Waals surface area contributed by atoms with Gasteiger partial charge in [-0.15, -0.1) is 0 Å². The quantitative estimate of drug-likeness (QED) is 0.720. The molecule has 1 atom stereocenters. The SMILES string of the molecule is CNC(C)CCCCOc1ccccc1F. The summed E-state index contributed by atoms with van der Waals surface area (Å²) < 4.78 is 18.5. The summed E-state index contributed by atoms with van der Waals surface area (Å²) in [6.45, 7) is 2.73. The molecule has 3 heteroatoms. The lowest BCUT2D eigenvalue weighted by molar-refractivity contribution is 0.288. The van der Waals surface area contributed by atoms with Crippen LogP contribution in [0.3, 0.4) is 0 Å². The summed E-state index contributed by atoms with van der Waals surface area (Å²) in [6, 6.07) is 7.05. The van der Waals surface area contributed by atoms with Crippen LogP contribution in [0.5, 0.6) is 5.75 Å². The smallest absolute Gasteiger partial charge is 0.165 e. The molecular weight excluding hydrogens is 205 g/mol. The molecule has 1 N–H and O–H groups in total. The molecule has 0 aliphatic rings. The van der Waals surface area contributed by atoms with E-state index in [1.54, 1.807) is 18.2 Å². The minimum atomic E-state index is -0.286. The summed E-state index contributed by atoms with van der Waals surface area (Å²) in [5.74, 6) is 0.0651. The van der Waals surface area contributed by atoms with Gasteiger partial charge in [-0.2, -0.15) is 0 Å². The Balaban J connectivity index is 2.14. The molecule has 0 aromatic heterocycles. The van der Waals surface area contributed by atoms with Crippen molar-refractivity contribution < 1.29 is 9.13 Å². The van der Waals surface area contributed by atoms with E-state index in [9.17, 15) is 4.39 Å². The molecule has 0 saturated heterocycles. The fourth-order valence-corrected chi connectivity index (χ4v) is 1.44. The minimum Gasteiger partial charge on any atom is -0.491 e. The fraction of sp³-hybridized carbons (Fsp3) is 0.538. The van der Waals surface area contributed by atoms with Crippen LogP contribution in [-0.4, -0.2) is 19.7 Å². The first kappa shape index (κ1) is 13.0. The van der Waals surface area contributed by atoms with Crippen molar-refractivity contribution in [3.63, 3.8) is 0 Å². The molecule has 0 aliphatic heterocycles. The van der Waals surface area contributed by atoms with Crippen LogP contribution >= 0.6 is 0 Å². The normalized spacial score (nSPS) is 12.4. The second kappa shape index (κ2) is 7.23. The molecule has 2 nitrogen and oxygen atoms in total. The average Bonchev–Trinajstić information content (AvgIpc) is 2.30. The number of hydrogen-bond acceptors (Lipinski definition) is 2. The van der Waals surface area contributed by atoms with Gasteiger partial charge in [0.1, 0.15) is 0 Å². The lowest BCUT2D eigenvalue weighted by atomic mass is 10.1. The van der Waals surface area contributed by atoms with E-state index in [-0.39, 0.29) is 5.82 Å². The zero-order chi connectivity index (χ0) is 11.8. The van der Waals surface area contributed by atoms with E-state index in [4.69, 9.17) is 4.74 Å². The van der Waals surface area contributed by atoms with Crippen molar-refractivity contribution in [2.45, 2.75) is 32.2 Å². The average molecular weight is 225 g/mol. The van der Waals surface area contributed by atoms with Crippen molar-refractivity contribution in [3.8, 4) is 5.75 Å². The zero-order valence-electron chi connectivity index (χ0n) is 10.0. The number of unbranched alkanes of at least 4 members (excludes halogenated alkanes) is 1. The van der Waals surface area contributed by atoms with Gasteiger partial charge in [-0.1, -0.05) is 12.1 Å². The highest BCUT2D eigenvalue weighted by molar-refractivity contribution is 5.23. The third kappa shape index (κ3) is 4.62. The predicted octanol–water partition coefficient (Wildman–Crippen LogP) is 2.98. The molecule has 0 radical (unpaired) electrons. The van der Waals surface area contributed by atoms with E-state index in [0.29, 0.717) is 18.4 Å². The molecular formula is C13H20FNO. The molecule has 0 heterocycles. The molecule has 0 amide bonds. The molecule has 1 aromatic carbocycles. The molecule has 1 rings (SSSR count). The number of rotatable bonds is 7. The Morgan fingerprint density at radius 1 is 1.31 bits per heavy atom. The summed E-state index contributed by atoms with van der Waals surface area (Å²) in [7, 11) is 1.96. The molecule has 0 saturated carbocycles. The van der Waals surface area contributed by atoms with Crippen LogP contribution in [0.2, 0.25) is 0 Å². The van der Waals surface area contributed by atoms with Gasteiger partial charge in [0.05, 0.1) is 6.61 Å². The van der Waals surface area contributed by atoms with Gasteiger partial charge in [0, 0.05) is 6.04 Å². The molecule has 16 heavy (non-hydrogen) atoms. The van der Waals surface area contributed by atoms with Crippen molar-refractivity contribution in [2.24, 2.45) is 0 Å². The van der Waals surface area contributed by atoms with Gasteiger partial charge in [-0.05, 0) is 45.4 Å². The Hall–Kier alpha value is -1.09. The second-order valence-electron chi connectivity index (χ2n) is 3.96. The van der Waals surface area contributed by atoms with Crippen LogP contribution in [0.4, 0.5) is 4.39 Å². The van der Waals surface area contributed by atoms with Crippen molar-refractivity contribution in [2.75, 3.05) is 13.7 Å². The fourth-order valence-electron chi connectivity index (χ4n) is 1.44. The van der Waals surface area contributed by atoms with E-state index in [1.165, 1.54) is 6.07 Å². The highest BCUT2D eigenvalue weighted by Gasteiger charge is 2.01. The third-order valence-corrected chi connectivity index (χ3v) is 2.62. The summed E-state index contributed by atoms with van der Waals surface area (Å²) in [5.41, 5.74) is 0. The van der Waals surface area contributed by atoms with Crippen molar-refractivity contribution >= 4 is 0 Å². The van der Waals surface area contributed by atoms with Gasteiger partial charge >= 0.3 is 0 Å².